The predicted molar refractivity (Wildman–Crippen MR) is 216 cm³/mol. The number of ether oxygens (including phenoxy) is 1. The Morgan fingerprint density at radius 3 is 2.35 bits per heavy atom. The van der Waals surface area contributed by atoms with Crippen LogP contribution in [0.5, 0.6) is 5.75 Å². The van der Waals surface area contributed by atoms with Crippen molar-refractivity contribution in [1.29, 1.82) is 0 Å². The predicted octanol–water partition coefficient (Wildman–Crippen LogP) is 6.18. The molecule has 12 nitrogen and oxygen atoms in total. The van der Waals surface area contributed by atoms with Crippen LogP contribution in [0.2, 0.25) is 5.02 Å². The van der Waals surface area contributed by atoms with Crippen LogP contribution in [-0.4, -0.2) is 97.3 Å². The molecule has 14 heteroatoms. The summed E-state index contributed by atoms with van der Waals surface area (Å²) >= 11 is 6.47. The first-order chi connectivity index (χ1) is 26.0. The molecule has 0 bridgehead atoms. The van der Waals surface area contributed by atoms with Gasteiger partial charge in [0.15, 0.2) is 5.82 Å². The van der Waals surface area contributed by atoms with E-state index in [2.05, 4.69) is 64.9 Å². The number of likely N-dealkylation sites (tertiary alicyclic amines) is 1. The molecular formula is C40H48ClN8O4P. The number of piperidine rings is 2. The molecule has 1 atom stereocenters. The Kier molecular flexibility index (Phi) is 11.5. The Balaban J connectivity index is 0.902. The third-order valence-corrected chi connectivity index (χ3v) is 12.5. The zero-order chi connectivity index (χ0) is 37.8. The molecule has 3 aliphatic rings. The van der Waals surface area contributed by atoms with Crippen molar-refractivity contribution in [3.8, 4) is 5.75 Å². The number of hydrogen-bond donors (Lipinski definition) is 3. The maximum atomic E-state index is 12.9. The lowest BCUT2D eigenvalue weighted by Crippen LogP contribution is -2.53. The second kappa shape index (κ2) is 16.5. The molecule has 3 aromatic carbocycles. The summed E-state index contributed by atoms with van der Waals surface area (Å²) in [6.07, 6.45) is 4.81. The third-order valence-electron chi connectivity index (χ3n) is 10.7. The van der Waals surface area contributed by atoms with E-state index >= 15 is 0 Å². The fourth-order valence-electron chi connectivity index (χ4n) is 7.70. The smallest absolute Gasteiger partial charge is 0.234 e. The number of para-hydroxylation sites is 1. The minimum absolute atomic E-state index is 0.180. The fourth-order valence-corrected chi connectivity index (χ4v) is 9.00. The molecule has 284 valence electrons. The van der Waals surface area contributed by atoms with Gasteiger partial charge in [-0.05, 0) is 81.1 Å². The molecule has 0 spiro atoms. The van der Waals surface area contributed by atoms with E-state index < -0.39 is 7.14 Å². The van der Waals surface area contributed by atoms with E-state index in [1.54, 1.807) is 20.4 Å². The van der Waals surface area contributed by atoms with Crippen molar-refractivity contribution in [2.24, 2.45) is 0 Å². The number of halogens is 1. The number of methoxy groups -OCH3 is 1. The van der Waals surface area contributed by atoms with Crippen LogP contribution in [0.4, 0.5) is 28.8 Å². The summed E-state index contributed by atoms with van der Waals surface area (Å²) < 4.78 is 18.7. The monoisotopic (exact) mass is 770 g/mol. The van der Waals surface area contributed by atoms with Crippen LogP contribution in [-0.2, 0) is 20.7 Å². The second-order valence-corrected chi connectivity index (χ2v) is 18.3. The Morgan fingerprint density at radius 1 is 0.907 bits per heavy atom. The summed E-state index contributed by atoms with van der Waals surface area (Å²) in [6, 6.07) is 22.5. The zero-order valence-corrected chi connectivity index (χ0v) is 32.7. The molecule has 54 heavy (non-hydrogen) atoms. The summed E-state index contributed by atoms with van der Waals surface area (Å²) in [6.45, 7) is 10.4. The van der Waals surface area contributed by atoms with Crippen molar-refractivity contribution in [2.75, 3.05) is 75.2 Å². The van der Waals surface area contributed by atoms with Crippen LogP contribution in [0.3, 0.4) is 0 Å². The van der Waals surface area contributed by atoms with Gasteiger partial charge in [-0.25, -0.2) is 4.98 Å². The number of aromatic nitrogens is 2. The van der Waals surface area contributed by atoms with Gasteiger partial charge in [0.25, 0.3) is 0 Å². The number of rotatable bonds is 11. The van der Waals surface area contributed by atoms with Gasteiger partial charge in [0.05, 0.1) is 30.6 Å². The van der Waals surface area contributed by atoms with E-state index in [1.807, 2.05) is 42.5 Å². The van der Waals surface area contributed by atoms with E-state index in [-0.39, 0.29) is 17.7 Å². The highest BCUT2D eigenvalue weighted by molar-refractivity contribution is 7.70. The van der Waals surface area contributed by atoms with Gasteiger partial charge in [-0.3, -0.25) is 24.7 Å². The molecule has 3 fully saturated rings. The Labute approximate surface area is 322 Å². The number of carbonyl (C=O) groups excluding carboxylic acids is 2. The van der Waals surface area contributed by atoms with E-state index in [0.29, 0.717) is 47.1 Å². The summed E-state index contributed by atoms with van der Waals surface area (Å²) in [5.74, 6) is 0.837. The molecule has 7 rings (SSSR count). The van der Waals surface area contributed by atoms with Gasteiger partial charge in [-0.1, -0.05) is 48.0 Å². The van der Waals surface area contributed by atoms with Crippen molar-refractivity contribution < 1.29 is 18.9 Å². The summed E-state index contributed by atoms with van der Waals surface area (Å²) in [4.78, 5) is 40.4. The summed E-state index contributed by atoms with van der Waals surface area (Å²) in [7, 11) is -0.879. The minimum Gasteiger partial charge on any atom is -0.494 e. The highest BCUT2D eigenvalue weighted by Crippen LogP contribution is 2.39. The number of piperazine rings is 1. The van der Waals surface area contributed by atoms with Gasteiger partial charge in [0.2, 0.25) is 17.8 Å². The molecule has 0 saturated carbocycles. The topological polar surface area (TPSA) is 132 Å². The number of amides is 2. The van der Waals surface area contributed by atoms with Gasteiger partial charge in [-0.2, -0.15) is 4.98 Å². The molecule has 0 radical (unpaired) electrons. The van der Waals surface area contributed by atoms with E-state index in [9.17, 15) is 14.2 Å². The number of imide groups is 1. The van der Waals surface area contributed by atoms with Crippen molar-refractivity contribution in [3.63, 3.8) is 0 Å². The van der Waals surface area contributed by atoms with Crippen LogP contribution >= 0.6 is 18.7 Å². The number of anilines is 5. The average molecular weight is 771 g/mol. The van der Waals surface area contributed by atoms with E-state index in [0.717, 1.165) is 80.9 Å². The SMILES string of the molecule is COc1cc(N2CCN(C3CCN(Cc4ccc(C5CCC(=O)NC5=O)cc4)CC3)CC2)ccc1Nc1ncc(Cl)c(Nc2ccccc2P(C)(C)=O)n1. The molecule has 4 aromatic rings. The molecule has 3 saturated heterocycles. The lowest BCUT2D eigenvalue weighted by molar-refractivity contribution is -0.134. The number of carbonyl (C=O) groups is 2. The van der Waals surface area contributed by atoms with Crippen LogP contribution in [0.1, 0.15) is 42.7 Å². The Hall–Kier alpha value is -4.48. The van der Waals surface area contributed by atoms with E-state index in [4.69, 9.17) is 16.3 Å². The maximum Gasteiger partial charge on any atom is 0.234 e. The van der Waals surface area contributed by atoms with Crippen LogP contribution in [0.25, 0.3) is 0 Å². The highest BCUT2D eigenvalue weighted by atomic mass is 35.5. The maximum absolute atomic E-state index is 12.9. The second-order valence-electron chi connectivity index (χ2n) is 14.7. The molecule has 4 heterocycles. The molecule has 1 unspecified atom stereocenters. The zero-order valence-electron chi connectivity index (χ0n) is 31.1. The van der Waals surface area contributed by atoms with Gasteiger partial charge in [0, 0.05) is 62.2 Å². The number of nitrogens with one attached hydrogen (secondary N) is 3. The average Bonchev–Trinajstić information content (AvgIpc) is 3.17. The van der Waals surface area contributed by atoms with Gasteiger partial charge < -0.3 is 24.8 Å². The normalized spacial score (nSPS) is 19.0. The molecule has 3 aliphatic heterocycles. The van der Waals surface area contributed by atoms with Crippen LogP contribution in [0.15, 0.2) is 72.9 Å². The van der Waals surface area contributed by atoms with E-state index in [1.165, 1.54) is 11.8 Å². The third kappa shape index (κ3) is 8.90. The molecular weight excluding hydrogens is 723 g/mol. The van der Waals surface area contributed by atoms with Gasteiger partial charge in [-0.15, -0.1) is 0 Å². The first-order valence-corrected chi connectivity index (χ1v) is 21.5. The number of nitrogens with zero attached hydrogens (tertiary/aromatic N) is 5. The fraction of sp³-hybridized carbons (Fsp3) is 0.400. The first-order valence-electron chi connectivity index (χ1n) is 18.6. The standard InChI is InChI=1S/C40H48ClN8O4P/c1-53-35-24-30(12-14-33(35)44-40-42-25-32(41)38(46-40)43-34-6-4-5-7-36(34)54(2,3)52)49-22-20-48(21-23-49)29-16-18-47(19-17-29)26-27-8-10-28(11-9-27)31-13-15-37(50)45-39(31)51/h4-12,14,24-25,29,31H,13,15-23,26H2,1-3H3,(H,45,50,51)(H2,42,43,44,46). The molecule has 1 aromatic heterocycles. The van der Waals surface area contributed by atoms with Gasteiger partial charge >= 0.3 is 0 Å². The quantitative estimate of drug-likeness (QED) is 0.119. The largest absolute Gasteiger partial charge is 0.494 e. The van der Waals surface area contributed by atoms with Crippen LogP contribution in [0, 0.1) is 0 Å². The summed E-state index contributed by atoms with van der Waals surface area (Å²) in [5.41, 5.74) is 4.76. The number of hydrogen-bond acceptors (Lipinski definition) is 11. The lowest BCUT2D eigenvalue weighted by Gasteiger charge is -2.43. The highest BCUT2D eigenvalue weighted by Gasteiger charge is 2.30. The van der Waals surface area contributed by atoms with Gasteiger partial charge in [0.1, 0.15) is 17.9 Å². The molecule has 2 amide bonds. The molecule has 3 N–H and O–H groups in total. The first kappa shape index (κ1) is 37.8. The van der Waals surface area contributed by atoms with Crippen molar-refractivity contribution >= 4 is 64.7 Å². The van der Waals surface area contributed by atoms with Crippen molar-refractivity contribution in [1.82, 2.24) is 25.1 Å². The molecule has 0 aliphatic carbocycles. The lowest BCUT2D eigenvalue weighted by atomic mass is 9.90. The van der Waals surface area contributed by atoms with Crippen LogP contribution < -0.4 is 30.9 Å². The van der Waals surface area contributed by atoms with Crippen molar-refractivity contribution in [2.45, 2.75) is 44.2 Å². The summed E-state index contributed by atoms with van der Waals surface area (Å²) in [5, 5.41) is 10.1. The Bertz CT molecular complexity index is 2030. The Morgan fingerprint density at radius 2 is 1.65 bits per heavy atom. The van der Waals surface area contributed by atoms with Crippen molar-refractivity contribution in [3.05, 3.63) is 89.1 Å². The minimum atomic E-state index is -2.54. The number of benzene rings is 3.